The van der Waals surface area contributed by atoms with Gasteiger partial charge in [0, 0.05) is 56.1 Å². The first-order chi connectivity index (χ1) is 15.3. The molecule has 1 aliphatic rings. The van der Waals surface area contributed by atoms with Gasteiger partial charge < -0.3 is 10.5 Å². The third-order valence-electron chi connectivity index (χ3n) is 5.49. The number of carbonyl (C=O) groups is 1. The lowest BCUT2D eigenvalue weighted by molar-refractivity contribution is 0.0996. The molecule has 0 saturated carbocycles. The van der Waals surface area contributed by atoms with Gasteiger partial charge in [-0.05, 0) is 29.8 Å². The number of carbonyl (C=O) groups excluding carboxylic acids is 1. The minimum Gasteiger partial charge on any atom is -0.492 e. The van der Waals surface area contributed by atoms with Crippen LogP contribution in [0.5, 0.6) is 5.75 Å². The Bertz CT molecular complexity index is 1220. The largest absolute Gasteiger partial charge is 0.492 e. The molecule has 4 rings (SSSR count). The van der Waals surface area contributed by atoms with E-state index >= 15 is 0 Å². The number of hydrogen-bond donors (Lipinski definition) is 1. The maximum atomic E-state index is 11.6. The zero-order valence-electron chi connectivity index (χ0n) is 17.8. The number of ether oxygens (including phenoxy) is 1. The van der Waals surface area contributed by atoms with E-state index in [1.54, 1.807) is 24.5 Å². The molecule has 0 bridgehead atoms. The first-order valence-electron chi connectivity index (χ1n) is 10.3. The Morgan fingerprint density at radius 3 is 2.44 bits per heavy atom. The van der Waals surface area contributed by atoms with Crippen molar-refractivity contribution in [2.45, 2.75) is 0 Å². The van der Waals surface area contributed by atoms with E-state index in [4.69, 9.17) is 10.5 Å². The van der Waals surface area contributed by atoms with E-state index in [9.17, 15) is 13.2 Å². The lowest BCUT2D eigenvalue weighted by Gasteiger charge is -2.33. The van der Waals surface area contributed by atoms with E-state index in [1.165, 1.54) is 10.6 Å². The quantitative estimate of drug-likeness (QED) is 0.571. The topological polar surface area (TPSA) is 119 Å². The Hall–Kier alpha value is -3.08. The van der Waals surface area contributed by atoms with Crippen LogP contribution in [-0.4, -0.2) is 79.1 Å². The molecule has 168 valence electrons. The first kappa shape index (κ1) is 22.1. The standard InChI is InChI=1S/C22H25N5O4S/c1-32(29,30)27-10-8-26(9-11-27)12-13-31-18-5-2-16(3-6-18)19-15-24-14-17-4-7-20(22(23)28)25-21(17)19/h2-7,14-15H,8-13H2,1H3,(H2,23,28). The number of aromatic nitrogens is 2. The summed E-state index contributed by atoms with van der Waals surface area (Å²) in [6, 6.07) is 11.0. The van der Waals surface area contributed by atoms with Crippen LogP contribution in [0.15, 0.2) is 48.8 Å². The van der Waals surface area contributed by atoms with E-state index in [0.29, 0.717) is 38.3 Å². The fourth-order valence-electron chi connectivity index (χ4n) is 3.70. The molecule has 3 heterocycles. The van der Waals surface area contributed by atoms with Crippen LogP contribution in [-0.2, 0) is 10.0 Å². The Balaban J connectivity index is 1.38. The van der Waals surface area contributed by atoms with Crippen LogP contribution in [0.2, 0.25) is 0 Å². The smallest absolute Gasteiger partial charge is 0.267 e. The highest BCUT2D eigenvalue weighted by molar-refractivity contribution is 7.88. The SMILES string of the molecule is CS(=O)(=O)N1CCN(CCOc2ccc(-c3cncc4ccc(C(N)=O)nc34)cc2)CC1. The van der Waals surface area contributed by atoms with Gasteiger partial charge in [-0.15, -0.1) is 0 Å². The summed E-state index contributed by atoms with van der Waals surface area (Å²) >= 11 is 0. The van der Waals surface area contributed by atoms with Crippen molar-refractivity contribution in [3.05, 3.63) is 54.5 Å². The van der Waals surface area contributed by atoms with Crippen molar-refractivity contribution in [3.8, 4) is 16.9 Å². The molecule has 0 radical (unpaired) electrons. The molecule has 1 fully saturated rings. The minimum atomic E-state index is -3.12. The highest BCUT2D eigenvalue weighted by atomic mass is 32.2. The number of primary amides is 1. The molecule has 1 aliphatic heterocycles. The molecule has 1 saturated heterocycles. The molecule has 2 aromatic heterocycles. The van der Waals surface area contributed by atoms with E-state index in [0.717, 1.165) is 28.8 Å². The van der Waals surface area contributed by atoms with Crippen LogP contribution in [0.3, 0.4) is 0 Å². The number of fused-ring (bicyclic) bond motifs is 1. The number of pyridine rings is 2. The predicted octanol–water partition coefficient (Wildman–Crippen LogP) is 1.35. The van der Waals surface area contributed by atoms with E-state index in [-0.39, 0.29) is 5.69 Å². The van der Waals surface area contributed by atoms with Crippen molar-refractivity contribution in [1.29, 1.82) is 0 Å². The number of piperazine rings is 1. The molecule has 1 aromatic carbocycles. The van der Waals surface area contributed by atoms with Gasteiger partial charge in [-0.1, -0.05) is 12.1 Å². The molecule has 3 aromatic rings. The summed E-state index contributed by atoms with van der Waals surface area (Å²) in [5.74, 6) is 0.165. The molecule has 1 amide bonds. The lowest BCUT2D eigenvalue weighted by atomic mass is 10.0. The number of rotatable bonds is 7. The molecule has 0 aliphatic carbocycles. The van der Waals surface area contributed by atoms with Gasteiger partial charge in [-0.25, -0.2) is 13.4 Å². The van der Waals surface area contributed by atoms with Crippen molar-refractivity contribution >= 4 is 26.8 Å². The number of benzene rings is 1. The maximum Gasteiger partial charge on any atom is 0.267 e. The van der Waals surface area contributed by atoms with E-state index in [2.05, 4.69) is 14.9 Å². The van der Waals surface area contributed by atoms with Gasteiger partial charge in [-0.3, -0.25) is 14.7 Å². The van der Waals surface area contributed by atoms with Crippen LogP contribution in [0.25, 0.3) is 22.0 Å². The zero-order chi connectivity index (χ0) is 22.7. The average Bonchev–Trinajstić information content (AvgIpc) is 2.78. The zero-order valence-corrected chi connectivity index (χ0v) is 18.6. The second kappa shape index (κ2) is 9.19. The van der Waals surface area contributed by atoms with Crippen molar-refractivity contribution in [2.75, 3.05) is 45.6 Å². The Labute approximate surface area is 186 Å². The molecule has 10 heteroatoms. The fourth-order valence-corrected chi connectivity index (χ4v) is 4.53. The summed E-state index contributed by atoms with van der Waals surface area (Å²) in [7, 11) is -3.12. The maximum absolute atomic E-state index is 11.6. The Morgan fingerprint density at radius 2 is 1.78 bits per heavy atom. The number of nitrogens with two attached hydrogens (primary N) is 1. The third-order valence-corrected chi connectivity index (χ3v) is 6.80. The number of sulfonamides is 1. The number of nitrogens with zero attached hydrogens (tertiary/aromatic N) is 4. The fraction of sp³-hybridized carbons (Fsp3) is 0.318. The summed E-state index contributed by atoms with van der Waals surface area (Å²) in [5.41, 5.74) is 7.96. The molecular formula is C22H25N5O4S. The van der Waals surface area contributed by atoms with E-state index in [1.807, 2.05) is 24.3 Å². The molecular weight excluding hydrogens is 430 g/mol. The highest BCUT2D eigenvalue weighted by Crippen LogP contribution is 2.28. The van der Waals surface area contributed by atoms with Crippen LogP contribution in [0, 0.1) is 0 Å². The van der Waals surface area contributed by atoms with Crippen LogP contribution >= 0.6 is 0 Å². The first-order valence-corrected chi connectivity index (χ1v) is 12.1. The molecule has 2 N–H and O–H groups in total. The number of hydrogen-bond acceptors (Lipinski definition) is 7. The minimum absolute atomic E-state index is 0.210. The van der Waals surface area contributed by atoms with E-state index < -0.39 is 15.9 Å². The third kappa shape index (κ3) is 5.04. The normalized spacial score (nSPS) is 15.7. The molecule has 0 spiro atoms. The van der Waals surface area contributed by atoms with Crippen molar-refractivity contribution < 1.29 is 17.9 Å². The molecule has 0 unspecified atom stereocenters. The van der Waals surface area contributed by atoms with Gasteiger partial charge in [0.05, 0.1) is 11.8 Å². The molecule has 0 atom stereocenters. The lowest BCUT2D eigenvalue weighted by Crippen LogP contribution is -2.49. The van der Waals surface area contributed by atoms with Crippen LogP contribution in [0.1, 0.15) is 10.5 Å². The molecule has 9 nitrogen and oxygen atoms in total. The monoisotopic (exact) mass is 455 g/mol. The van der Waals surface area contributed by atoms with Gasteiger partial charge in [-0.2, -0.15) is 4.31 Å². The summed E-state index contributed by atoms with van der Waals surface area (Å²) < 4.78 is 30.6. The average molecular weight is 456 g/mol. The van der Waals surface area contributed by atoms with Gasteiger partial charge >= 0.3 is 0 Å². The van der Waals surface area contributed by atoms with Gasteiger partial charge in [0.15, 0.2) is 0 Å². The highest BCUT2D eigenvalue weighted by Gasteiger charge is 2.23. The number of amides is 1. The van der Waals surface area contributed by atoms with Crippen LogP contribution in [0.4, 0.5) is 0 Å². The Kier molecular flexibility index (Phi) is 6.35. The van der Waals surface area contributed by atoms with Gasteiger partial charge in [0.2, 0.25) is 10.0 Å². The van der Waals surface area contributed by atoms with Gasteiger partial charge in [0.25, 0.3) is 5.91 Å². The van der Waals surface area contributed by atoms with Crippen LogP contribution < -0.4 is 10.5 Å². The summed E-state index contributed by atoms with van der Waals surface area (Å²) in [6.07, 6.45) is 4.66. The van der Waals surface area contributed by atoms with Crippen molar-refractivity contribution in [2.24, 2.45) is 5.73 Å². The Morgan fingerprint density at radius 1 is 1.06 bits per heavy atom. The summed E-state index contributed by atoms with van der Waals surface area (Å²) in [6.45, 7) is 3.66. The predicted molar refractivity (Wildman–Crippen MR) is 122 cm³/mol. The van der Waals surface area contributed by atoms with Crippen molar-refractivity contribution in [3.63, 3.8) is 0 Å². The summed E-state index contributed by atoms with van der Waals surface area (Å²) in [5, 5.41) is 0.823. The second-order valence-electron chi connectivity index (χ2n) is 7.70. The molecule has 32 heavy (non-hydrogen) atoms. The van der Waals surface area contributed by atoms with Crippen molar-refractivity contribution in [1.82, 2.24) is 19.2 Å². The summed E-state index contributed by atoms with van der Waals surface area (Å²) in [4.78, 5) is 22.4. The van der Waals surface area contributed by atoms with Gasteiger partial charge in [0.1, 0.15) is 18.1 Å². The second-order valence-corrected chi connectivity index (χ2v) is 9.68.